The van der Waals surface area contributed by atoms with E-state index in [9.17, 15) is 0 Å². The fourth-order valence-electron chi connectivity index (χ4n) is 1.86. The van der Waals surface area contributed by atoms with Gasteiger partial charge in [0.2, 0.25) is 0 Å². The zero-order chi connectivity index (χ0) is 12.4. The lowest BCUT2D eigenvalue weighted by Gasteiger charge is -2.16. The highest BCUT2D eigenvalue weighted by atomic mass is 79.9. The topological polar surface area (TPSA) is 30.5 Å². The van der Waals surface area contributed by atoms with E-state index in [2.05, 4.69) is 28.2 Å². The zero-order valence-corrected chi connectivity index (χ0v) is 12.5. The van der Waals surface area contributed by atoms with Gasteiger partial charge in [-0.25, -0.2) is 0 Å². The molecule has 1 N–H and O–H groups in total. The molecular weight excluding hydrogens is 302 g/mol. The molecule has 2 atom stereocenters. The summed E-state index contributed by atoms with van der Waals surface area (Å²) in [6.45, 7) is 3.27. The number of ether oxygens (including phenoxy) is 2. The van der Waals surface area contributed by atoms with Crippen molar-refractivity contribution in [3.63, 3.8) is 0 Å². The summed E-state index contributed by atoms with van der Waals surface area (Å²) in [5.41, 5.74) is 1.21. The third-order valence-corrected chi connectivity index (χ3v) is 4.76. The van der Waals surface area contributed by atoms with Crippen molar-refractivity contribution < 1.29 is 9.47 Å². The van der Waals surface area contributed by atoms with Crippen LogP contribution in [-0.2, 0) is 0 Å². The Labute approximate surface area is 114 Å². The van der Waals surface area contributed by atoms with Crippen molar-refractivity contribution in [3.8, 4) is 11.5 Å². The SMILES string of the molecule is COc1cc(Br)c(C2NCC(C)S2)cc1OC. The van der Waals surface area contributed by atoms with Gasteiger partial charge in [-0.05, 0) is 17.7 Å². The lowest BCUT2D eigenvalue weighted by Crippen LogP contribution is -2.14. The maximum atomic E-state index is 5.34. The van der Waals surface area contributed by atoms with E-state index in [1.54, 1.807) is 14.2 Å². The average Bonchev–Trinajstić information content (AvgIpc) is 2.75. The smallest absolute Gasteiger partial charge is 0.161 e. The normalized spacial score (nSPS) is 23.8. The van der Waals surface area contributed by atoms with Crippen molar-refractivity contribution in [2.75, 3.05) is 20.8 Å². The number of thioether (sulfide) groups is 1. The Morgan fingerprint density at radius 2 is 1.94 bits per heavy atom. The fourth-order valence-corrected chi connectivity index (χ4v) is 3.75. The molecule has 0 spiro atoms. The van der Waals surface area contributed by atoms with Crippen molar-refractivity contribution in [3.05, 3.63) is 22.2 Å². The second kappa shape index (κ2) is 5.50. The molecule has 1 heterocycles. The molecule has 0 radical (unpaired) electrons. The van der Waals surface area contributed by atoms with Gasteiger partial charge in [0.05, 0.1) is 19.6 Å². The highest BCUT2D eigenvalue weighted by Crippen LogP contribution is 2.42. The van der Waals surface area contributed by atoms with E-state index < -0.39 is 0 Å². The minimum absolute atomic E-state index is 0.319. The standard InChI is InChI=1S/C12H16BrNO2S/c1-7-6-14-12(17-7)8-4-10(15-2)11(16-3)5-9(8)13/h4-5,7,12,14H,6H2,1-3H3. The van der Waals surface area contributed by atoms with Gasteiger partial charge in [0, 0.05) is 16.3 Å². The van der Waals surface area contributed by atoms with Crippen LogP contribution in [0.5, 0.6) is 11.5 Å². The van der Waals surface area contributed by atoms with Gasteiger partial charge < -0.3 is 14.8 Å². The summed E-state index contributed by atoms with van der Waals surface area (Å²) in [5, 5.41) is 4.45. The quantitative estimate of drug-likeness (QED) is 0.927. The summed E-state index contributed by atoms with van der Waals surface area (Å²) in [4.78, 5) is 0. The first-order chi connectivity index (χ1) is 8.15. The maximum absolute atomic E-state index is 5.34. The molecule has 5 heteroatoms. The summed E-state index contributed by atoms with van der Waals surface area (Å²) < 4.78 is 11.7. The molecule has 17 heavy (non-hydrogen) atoms. The van der Waals surface area contributed by atoms with E-state index in [-0.39, 0.29) is 0 Å². The van der Waals surface area contributed by atoms with Crippen LogP contribution in [0.3, 0.4) is 0 Å². The molecule has 1 aromatic rings. The van der Waals surface area contributed by atoms with Gasteiger partial charge in [-0.15, -0.1) is 11.8 Å². The first-order valence-electron chi connectivity index (χ1n) is 5.46. The third-order valence-electron chi connectivity index (χ3n) is 2.74. The summed E-state index contributed by atoms with van der Waals surface area (Å²) in [5.74, 6) is 1.52. The van der Waals surface area contributed by atoms with Crippen molar-refractivity contribution in [2.24, 2.45) is 0 Å². The fraction of sp³-hybridized carbons (Fsp3) is 0.500. The number of halogens is 1. The van der Waals surface area contributed by atoms with Crippen molar-refractivity contribution >= 4 is 27.7 Å². The highest BCUT2D eigenvalue weighted by Gasteiger charge is 2.25. The maximum Gasteiger partial charge on any atom is 0.161 e. The molecule has 2 rings (SSSR count). The molecule has 0 bridgehead atoms. The molecule has 3 nitrogen and oxygen atoms in total. The molecule has 1 fully saturated rings. The summed E-state index contributed by atoms with van der Waals surface area (Å²) in [6, 6.07) is 3.99. The molecule has 1 aliphatic heterocycles. The van der Waals surface area contributed by atoms with Crippen molar-refractivity contribution in [2.45, 2.75) is 17.5 Å². The number of methoxy groups -OCH3 is 2. The number of benzene rings is 1. The average molecular weight is 318 g/mol. The molecule has 0 aromatic heterocycles. The van der Waals surface area contributed by atoms with Crippen LogP contribution in [0.2, 0.25) is 0 Å². The number of nitrogens with one attached hydrogen (secondary N) is 1. The van der Waals surface area contributed by atoms with Crippen LogP contribution in [-0.4, -0.2) is 26.0 Å². The Hall–Kier alpha value is -0.390. The van der Waals surface area contributed by atoms with Crippen LogP contribution in [0.1, 0.15) is 17.9 Å². The monoisotopic (exact) mass is 317 g/mol. The van der Waals surface area contributed by atoms with Crippen LogP contribution in [0.25, 0.3) is 0 Å². The van der Waals surface area contributed by atoms with E-state index in [0.717, 1.165) is 22.5 Å². The Morgan fingerprint density at radius 1 is 1.29 bits per heavy atom. The predicted molar refractivity (Wildman–Crippen MR) is 75.0 cm³/mol. The Balaban J connectivity index is 2.34. The number of hydrogen-bond donors (Lipinski definition) is 1. The minimum Gasteiger partial charge on any atom is -0.493 e. The van der Waals surface area contributed by atoms with Crippen molar-refractivity contribution in [1.82, 2.24) is 5.32 Å². The molecule has 94 valence electrons. The van der Waals surface area contributed by atoms with E-state index in [1.165, 1.54) is 5.56 Å². The molecule has 0 amide bonds. The van der Waals surface area contributed by atoms with Gasteiger partial charge in [0.1, 0.15) is 0 Å². The Morgan fingerprint density at radius 3 is 2.47 bits per heavy atom. The Kier molecular flexibility index (Phi) is 4.22. The molecular formula is C12H16BrNO2S. The van der Waals surface area contributed by atoms with Crippen LogP contribution in [0.15, 0.2) is 16.6 Å². The second-order valence-corrected chi connectivity index (χ2v) is 6.37. The molecule has 0 saturated carbocycles. The molecule has 1 saturated heterocycles. The number of hydrogen-bond acceptors (Lipinski definition) is 4. The van der Waals surface area contributed by atoms with E-state index in [1.807, 2.05) is 23.9 Å². The highest BCUT2D eigenvalue weighted by molar-refractivity contribution is 9.10. The first kappa shape index (κ1) is 13.1. The third kappa shape index (κ3) is 2.72. The summed E-state index contributed by atoms with van der Waals surface area (Å²) in [6.07, 6.45) is 0. The second-order valence-electron chi connectivity index (χ2n) is 3.96. The largest absolute Gasteiger partial charge is 0.493 e. The molecule has 1 aliphatic rings. The van der Waals surface area contributed by atoms with E-state index in [0.29, 0.717) is 10.6 Å². The van der Waals surface area contributed by atoms with E-state index >= 15 is 0 Å². The van der Waals surface area contributed by atoms with Gasteiger partial charge >= 0.3 is 0 Å². The predicted octanol–water partition coefficient (Wildman–Crippen LogP) is 3.19. The van der Waals surface area contributed by atoms with Crippen molar-refractivity contribution in [1.29, 1.82) is 0 Å². The van der Waals surface area contributed by atoms with Gasteiger partial charge in [0.25, 0.3) is 0 Å². The Bertz CT molecular complexity index is 414. The molecule has 1 aromatic carbocycles. The first-order valence-corrected chi connectivity index (χ1v) is 7.19. The van der Waals surface area contributed by atoms with Gasteiger partial charge in [-0.3, -0.25) is 0 Å². The summed E-state index contributed by atoms with van der Waals surface area (Å²) >= 11 is 5.52. The molecule has 2 unspecified atom stereocenters. The number of rotatable bonds is 3. The van der Waals surface area contributed by atoms with Crippen LogP contribution >= 0.6 is 27.7 Å². The lowest BCUT2D eigenvalue weighted by molar-refractivity contribution is 0.354. The lowest BCUT2D eigenvalue weighted by atomic mass is 10.2. The molecule has 0 aliphatic carbocycles. The van der Waals surface area contributed by atoms with Crippen LogP contribution < -0.4 is 14.8 Å². The van der Waals surface area contributed by atoms with E-state index in [4.69, 9.17) is 9.47 Å². The van der Waals surface area contributed by atoms with Gasteiger partial charge in [-0.1, -0.05) is 22.9 Å². The van der Waals surface area contributed by atoms with Crippen LogP contribution in [0, 0.1) is 0 Å². The minimum atomic E-state index is 0.319. The van der Waals surface area contributed by atoms with Gasteiger partial charge in [-0.2, -0.15) is 0 Å². The van der Waals surface area contributed by atoms with Gasteiger partial charge in [0.15, 0.2) is 11.5 Å². The summed E-state index contributed by atoms with van der Waals surface area (Å²) in [7, 11) is 3.31. The van der Waals surface area contributed by atoms with Crippen LogP contribution in [0.4, 0.5) is 0 Å². The zero-order valence-electron chi connectivity index (χ0n) is 10.1.